The Morgan fingerprint density at radius 3 is 2.56 bits per heavy atom. The summed E-state index contributed by atoms with van der Waals surface area (Å²) in [7, 11) is 1.89. The van der Waals surface area contributed by atoms with Crippen molar-refractivity contribution in [3.8, 4) is 0 Å². The molecule has 2 aromatic rings. The minimum Gasteiger partial charge on any atom is -0.365 e. The average molecular weight is 484 g/mol. The molecule has 0 saturated carbocycles. The van der Waals surface area contributed by atoms with Crippen LogP contribution in [0, 0.1) is 11.6 Å². The molecule has 9 heteroatoms. The van der Waals surface area contributed by atoms with Gasteiger partial charge in [0.05, 0.1) is 16.1 Å². The predicted molar refractivity (Wildman–Crippen MR) is 130 cm³/mol. The summed E-state index contributed by atoms with van der Waals surface area (Å²) < 4.78 is 28.7. The van der Waals surface area contributed by atoms with Crippen LogP contribution in [-0.2, 0) is 9.59 Å². The molecule has 2 aliphatic heterocycles. The fourth-order valence-electron chi connectivity index (χ4n) is 3.97. The molecule has 0 aromatic heterocycles. The summed E-state index contributed by atoms with van der Waals surface area (Å²) in [6.45, 7) is 5.43. The second-order valence-corrected chi connectivity index (χ2v) is 9.72. The molecular weight excluding hydrogens is 460 g/mol. The second-order valence-electron chi connectivity index (χ2n) is 8.73. The average Bonchev–Trinajstić information content (AvgIpc) is 3.02. The van der Waals surface area contributed by atoms with E-state index in [-0.39, 0.29) is 21.7 Å². The van der Waals surface area contributed by atoms with Crippen LogP contribution in [-0.4, -0.2) is 41.1 Å². The predicted octanol–water partition coefficient (Wildman–Crippen LogP) is 5.27. The van der Waals surface area contributed by atoms with E-state index in [4.69, 9.17) is 0 Å². The van der Waals surface area contributed by atoms with Gasteiger partial charge >= 0.3 is 0 Å². The number of hydrogen-bond acceptors (Lipinski definition) is 5. The van der Waals surface area contributed by atoms with E-state index in [1.54, 1.807) is 12.1 Å². The lowest BCUT2D eigenvalue weighted by Crippen LogP contribution is -2.42. The summed E-state index contributed by atoms with van der Waals surface area (Å²) in [5.41, 5.74) is 2.38. The molecule has 2 aromatic carbocycles. The highest BCUT2D eigenvalue weighted by Gasteiger charge is 2.37. The standard InChI is InChI=1S/C25H23F2N3O3S/c1-14-12-25(2,3)29(4)20-11-18(27)15(9-16(14)20)10-21-23(32)30(24(33)34-21)13-22(31)28-19-8-6-5-7-17(19)26/h5-12H,13H2,1-4H3,(H,28,31)/b21-10+. The largest absolute Gasteiger partial charge is 0.365 e. The third-order valence-electron chi connectivity index (χ3n) is 5.95. The number of anilines is 2. The van der Waals surface area contributed by atoms with Crippen molar-refractivity contribution in [3.05, 3.63) is 70.1 Å². The maximum Gasteiger partial charge on any atom is 0.294 e. The zero-order chi connectivity index (χ0) is 24.8. The number of carbonyl (C=O) groups excluding carboxylic acids is 3. The molecule has 0 atom stereocenters. The molecule has 1 fully saturated rings. The highest BCUT2D eigenvalue weighted by atomic mass is 32.2. The van der Waals surface area contributed by atoms with Gasteiger partial charge in [0.1, 0.15) is 18.2 Å². The molecule has 0 aliphatic carbocycles. The van der Waals surface area contributed by atoms with E-state index in [1.165, 1.54) is 30.3 Å². The van der Waals surface area contributed by atoms with Crippen molar-refractivity contribution in [2.45, 2.75) is 26.3 Å². The number of carbonyl (C=O) groups is 3. The van der Waals surface area contributed by atoms with Crippen LogP contribution in [0.25, 0.3) is 11.6 Å². The topological polar surface area (TPSA) is 69.7 Å². The monoisotopic (exact) mass is 483 g/mol. The fraction of sp³-hybridized carbons (Fsp3) is 0.240. The van der Waals surface area contributed by atoms with Crippen LogP contribution >= 0.6 is 11.8 Å². The second kappa shape index (κ2) is 8.72. The number of amides is 3. The number of imide groups is 1. The number of rotatable bonds is 4. The van der Waals surface area contributed by atoms with Gasteiger partial charge in [-0.2, -0.15) is 0 Å². The summed E-state index contributed by atoms with van der Waals surface area (Å²) >= 11 is 0.628. The van der Waals surface area contributed by atoms with E-state index in [0.29, 0.717) is 11.8 Å². The van der Waals surface area contributed by atoms with Crippen molar-refractivity contribution in [2.75, 3.05) is 23.8 Å². The van der Waals surface area contributed by atoms with Crippen LogP contribution in [0.4, 0.5) is 25.0 Å². The molecule has 3 amide bonds. The Labute approximate surface area is 200 Å². The lowest BCUT2D eigenvalue weighted by atomic mass is 9.88. The molecule has 0 bridgehead atoms. The molecule has 34 heavy (non-hydrogen) atoms. The summed E-state index contributed by atoms with van der Waals surface area (Å²) in [6, 6.07) is 8.65. The smallest absolute Gasteiger partial charge is 0.294 e. The minimum atomic E-state index is -0.722. The van der Waals surface area contributed by atoms with Gasteiger partial charge in [0, 0.05) is 23.9 Å². The number of thioether (sulfide) groups is 1. The van der Waals surface area contributed by atoms with Gasteiger partial charge < -0.3 is 10.2 Å². The van der Waals surface area contributed by atoms with Crippen molar-refractivity contribution in [2.24, 2.45) is 0 Å². The fourth-order valence-corrected chi connectivity index (χ4v) is 4.80. The van der Waals surface area contributed by atoms with Crippen molar-refractivity contribution in [3.63, 3.8) is 0 Å². The van der Waals surface area contributed by atoms with Gasteiger partial charge in [0.15, 0.2) is 0 Å². The molecule has 0 radical (unpaired) electrons. The number of hydrogen-bond donors (Lipinski definition) is 1. The highest BCUT2D eigenvalue weighted by Crippen LogP contribution is 2.40. The minimum absolute atomic E-state index is 0.00803. The number of para-hydroxylation sites is 1. The molecule has 6 nitrogen and oxygen atoms in total. The summed E-state index contributed by atoms with van der Waals surface area (Å²) in [4.78, 5) is 40.2. The van der Waals surface area contributed by atoms with Gasteiger partial charge in [-0.15, -0.1) is 0 Å². The summed E-state index contributed by atoms with van der Waals surface area (Å²) in [5.74, 6) is -2.59. The van der Waals surface area contributed by atoms with Crippen LogP contribution in [0.1, 0.15) is 31.9 Å². The lowest BCUT2D eigenvalue weighted by molar-refractivity contribution is -0.127. The third-order valence-corrected chi connectivity index (χ3v) is 6.85. The van der Waals surface area contributed by atoms with Gasteiger partial charge in [-0.05, 0) is 68.4 Å². The van der Waals surface area contributed by atoms with Crippen LogP contribution < -0.4 is 10.2 Å². The van der Waals surface area contributed by atoms with Gasteiger partial charge in [0.2, 0.25) is 5.91 Å². The first-order valence-electron chi connectivity index (χ1n) is 10.5. The van der Waals surface area contributed by atoms with E-state index >= 15 is 0 Å². The van der Waals surface area contributed by atoms with Crippen molar-refractivity contribution < 1.29 is 23.2 Å². The Morgan fingerprint density at radius 2 is 1.85 bits per heavy atom. The first-order chi connectivity index (χ1) is 16.0. The molecule has 1 saturated heterocycles. The van der Waals surface area contributed by atoms with Crippen LogP contribution in [0.5, 0.6) is 0 Å². The van der Waals surface area contributed by atoms with Crippen LogP contribution in [0.3, 0.4) is 0 Å². The Balaban J connectivity index is 1.56. The molecule has 0 spiro atoms. The summed E-state index contributed by atoms with van der Waals surface area (Å²) in [5, 5.41) is 1.69. The quantitative estimate of drug-likeness (QED) is 0.600. The summed E-state index contributed by atoms with van der Waals surface area (Å²) in [6.07, 6.45) is 3.40. The maximum atomic E-state index is 15.0. The van der Waals surface area contributed by atoms with E-state index < -0.39 is 35.2 Å². The Kier molecular flexibility index (Phi) is 6.07. The molecule has 4 rings (SSSR count). The maximum absolute atomic E-state index is 15.0. The lowest BCUT2D eigenvalue weighted by Gasteiger charge is -2.40. The molecule has 0 unspecified atom stereocenters. The SMILES string of the molecule is CC1=CC(C)(C)N(C)c2cc(F)c(/C=C3/SC(=O)N(CC(=O)Nc4ccccc4F)C3=O)cc21. The van der Waals surface area contributed by atoms with Gasteiger partial charge in [-0.25, -0.2) is 8.78 Å². The molecule has 2 heterocycles. The molecular formula is C25H23F2N3O3S. The third kappa shape index (κ3) is 4.35. The first-order valence-corrected chi connectivity index (χ1v) is 11.4. The zero-order valence-corrected chi connectivity index (χ0v) is 19.9. The van der Waals surface area contributed by atoms with Gasteiger partial charge in [0.25, 0.3) is 11.1 Å². The molecule has 1 N–H and O–H groups in total. The number of benzene rings is 2. The normalized spacial score (nSPS) is 18.3. The Bertz CT molecular complexity index is 1290. The van der Waals surface area contributed by atoms with Crippen LogP contribution in [0.2, 0.25) is 0 Å². The number of allylic oxidation sites excluding steroid dienone is 1. The molecule has 176 valence electrons. The number of fused-ring (bicyclic) bond motifs is 1. The number of halogens is 2. The first kappa shape index (κ1) is 23.7. The van der Waals surface area contributed by atoms with Crippen LogP contribution in [0.15, 0.2) is 47.4 Å². The Hall–Kier alpha value is -3.46. The number of nitrogens with zero attached hydrogens (tertiary/aromatic N) is 2. The van der Waals surface area contributed by atoms with E-state index in [0.717, 1.165) is 21.7 Å². The van der Waals surface area contributed by atoms with E-state index in [9.17, 15) is 23.2 Å². The highest BCUT2D eigenvalue weighted by molar-refractivity contribution is 8.18. The number of likely N-dealkylation sites (N-methyl/N-ethyl adjacent to an activating group) is 1. The van der Waals surface area contributed by atoms with E-state index in [1.807, 2.05) is 32.7 Å². The zero-order valence-electron chi connectivity index (χ0n) is 19.1. The van der Waals surface area contributed by atoms with Crippen molar-refractivity contribution in [1.29, 1.82) is 0 Å². The van der Waals surface area contributed by atoms with Gasteiger partial charge in [-0.3, -0.25) is 19.3 Å². The molecule has 2 aliphatic rings. The number of nitrogens with one attached hydrogen (secondary N) is 1. The van der Waals surface area contributed by atoms with Crippen molar-refractivity contribution >= 4 is 51.8 Å². The van der Waals surface area contributed by atoms with Crippen molar-refractivity contribution in [1.82, 2.24) is 4.90 Å². The Morgan fingerprint density at radius 1 is 1.15 bits per heavy atom. The van der Waals surface area contributed by atoms with E-state index in [2.05, 4.69) is 11.4 Å². The van der Waals surface area contributed by atoms with Gasteiger partial charge in [-0.1, -0.05) is 18.2 Å².